The van der Waals surface area contributed by atoms with Gasteiger partial charge in [-0.25, -0.2) is 4.98 Å². The summed E-state index contributed by atoms with van der Waals surface area (Å²) in [5, 5.41) is 1.17. The standard InChI is InChI=1S/C17H16N2/c1-2-12(3-1)13-4-6-14(7-5-13)16-10-15-8-9-18-17(15)19-11-16/h4-12H,1-3H2,(H,18,19). The number of rotatable bonds is 2. The van der Waals surface area contributed by atoms with Gasteiger partial charge in [0.1, 0.15) is 5.65 Å². The molecule has 2 nitrogen and oxygen atoms in total. The Labute approximate surface area is 112 Å². The second-order valence-electron chi connectivity index (χ2n) is 5.39. The van der Waals surface area contributed by atoms with Crippen LogP contribution in [0, 0.1) is 0 Å². The first kappa shape index (κ1) is 10.8. The number of aromatic amines is 1. The molecular formula is C17H16N2. The molecule has 2 heteroatoms. The van der Waals surface area contributed by atoms with Gasteiger partial charge in [0.2, 0.25) is 0 Å². The van der Waals surface area contributed by atoms with E-state index in [-0.39, 0.29) is 0 Å². The van der Waals surface area contributed by atoms with Crippen molar-refractivity contribution in [3.05, 3.63) is 54.4 Å². The molecule has 19 heavy (non-hydrogen) atoms. The third kappa shape index (κ3) is 1.84. The predicted octanol–water partition coefficient (Wildman–Crippen LogP) is 4.50. The molecule has 0 aliphatic heterocycles. The zero-order chi connectivity index (χ0) is 12.7. The van der Waals surface area contributed by atoms with Crippen molar-refractivity contribution < 1.29 is 0 Å². The third-order valence-corrected chi connectivity index (χ3v) is 4.22. The van der Waals surface area contributed by atoms with Crippen molar-refractivity contribution in [1.29, 1.82) is 0 Å². The predicted molar refractivity (Wildman–Crippen MR) is 78.1 cm³/mol. The summed E-state index contributed by atoms with van der Waals surface area (Å²) < 4.78 is 0. The number of nitrogens with zero attached hydrogens (tertiary/aromatic N) is 1. The summed E-state index contributed by atoms with van der Waals surface area (Å²) in [5.41, 5.74) is 4.88. The highest BCUT2D eigenvalue weighted by molar-refractivity contribution is 5.81. The number of hydrogen-bond donors (Lipinski definition) is 1. The van der Waals surface area contributed by atoms with Gasteiger partial charge in [0.15, 0.2) is 0 Å². The van der Waals surface area contributed by atoms with E-state index in [2.05, 4.69) is 46.4 Å². The number of nitrogens with one attached hydrogen (secondary N) is 1. The molecule has 1 N–H and O–H groups in total. The van der Waals surface area contributed by atoms with E-state index >= 15 is 0 Å². The molecule has 1 aromatic carbocycles. The fraction of sp³-hybridized carbons (Fsp3) is 0.235. The van der Waals surface area contributed by atoms with Crippen LogP contribution in [0.25, 0.3) is 22.2 Å². The van der Waals surface area contributed by atoms with Crippen molar-refractivity contribution >= 4 is 11.0 Å². The van der Waals surface area contributed by atoms with Crippen molar-refractivity contribution in [2.45, 2.75) is 25.2 Å². The summed E-state index contributed by atoms with van der Waals surface area (Å²) in [6.45, 7) is 0. The molecule has 0 amide bonds. The molecule has 1 fully saturated rings. The van der Waals surface area contributed by atoms with E-state index in [0.29, 0.717) is 0 Å². The van der Waals surface area contributed by atoms with Crippen LogP contribution in [0.15, 0.2) is 48.8 Å². The minimum absolute atomic E-state index is 0.805. The molecule has 2 heterocycles. The molecule has 0 unspecified atom stereocenters. The molecular weight excluding hydrogens is 232 g/mol. The Morgan fingerprint density at radius 2 is 1.84 bits per heavy atom. The van der Waals surface area contributed by atoms with Gasteiger partial charge >= 0.3 is 0 Å². The SMILES string of the molecule is c1cc2cc(-c3ccc(C4CCC4)cc3)cnc2[nH]1. The zero-order valence-electron chi connectivity index (χ0n) is 10.8. The first-order chi connectivity index (χ1) is 9.40. The summed E-state index contributed by atoms with van der Waals surface area (Å²) in [4.78, 5) is 7.57. The van der Waals surface area contributed by atoms with Gasteiger partial charge in [-0.1, -0.05) is 30.7 Å². The van der Waals surface area contributed by atoms with E-state index in [0.717, 1.165) is 11.6 Å². The van der Waals surface area contributed by atoms with E-state index in [1.54, 1.807) is 0 Å². The number of aromatic nitrogens is 2. The van der Waals surface area contributed by atoms with Crippen LogP contribution in [0.1, 0.15) is 30.7 Å². The maximum Gasteiger partial charge on any atom is 0.137 e. The molecule has 2 aromatic heterocycles. The minimum Gasteiger partial charge on any atom is -0.346 e. The third-order valence-electron chi connectivity index (χ3n) is 4.22. The van der Waals surface area contributed by atoms with Crippen LogP contribution < -0.4 is 0 Å². The summed E-state index contributed by atoms with van der Waals surface area (Å²) in [7, 11) is 0. The Kier molecular flexibility index (Phi) is 2.41. The first-order valence-electron chi connectivity index (χ1n) is 6.94. The molecule has 1 aliphatic rings. The van der Waals surface area contributed by atoms with Crippen LogP contribution in [0.5, 0.6) is 0 Å². The minimum atomic E-state index is 0.805. The van der Waals surface area contributed by atoms with Gasteiger partial charge in [-0.05, 0) is 42.0 Å². The highest BCUT2D eigenvalue weighted by atomic mass is 14.8. The molecule has 0 spiro atoms. The van der Waals surface area contributed by atoms with Crippen molar-refractivity contribution in [3.63, 3.8) is 0 Å². The lowest BCUT2D eigenvalue weighted by Gasteiger charge is -2.25. The molecule has 0 bridgehead atoms. The quantitative estimate of drug-likeness (QED) is 0.710. The molecule has 4 rings (SSSR count). The number of benzene rings is 1. The van der Waals surface area contributed by atoms with Crippen molar-refractivity contribution in [2.24, 2.45) is 0 Å². The van der Waals surface area contributed by atoms with Gasteiger partial charge in [-0.2, -0.15) is 0 Å². The second kappa shape index (κ2) is 4.23. The zero-order valence-corrected chi connectivity index (χ0v) is 10.8. The lowest BCUT2D eigenvalue weighted by molar-refractivity contribution is 0.420. The van der Waals surface area contributed by atoms with Gasteiger partial charge in [0, 0.05) is 23.3 Å². The van der Waals surface area contributed by atoms with Crippen molar-refractivity contribution in [3.8, 4) is 11.1 Å². The van der Waals surface area contributed by atoms with Crippen LogP contribution in [-0.2, 0) is 0 Å². The van der Waals surface area contributed by atoms with Crippen LogP contribution >= 0.6 is 0 Å². The monoisotopic (exact) mass is 248 g/mol. The molecule has 0 atom stereocenters. The highest BCUT2D eigenvalue weighted by Crippen LogP contribution is 2.37. The molecule has 1 saturated carbocycles. The van der Waals surface area contributed by atoms with Crippen molar-refractivity contribution in [2.75, 3.05) is 0 Å². The second-order valence-corrected chi connectivity index (χ2v) is 5.39. The highest BCUT2D eigenvalue weighted by Gasteiger charge is 2.18. The van der Waals surface area contributed by atoms with Crippen LogP contribution in [0.2, 0.25) is 0 Å². The average Bonchev–Trinajstić information content (AvgIpc) is 2.85. The lowest BCUT2D eigenvalue weighted by Crippen LogP contribution is -2.08. The van der Waals surface area contributed by atoms with E-state index in [4.69, 9.17) is 0 Å². The number of pyridine rings is 1. The Morgan fingerprint density at radius 1 is 1.00 bits per heavy atom. The summed E-state index contributed by atoms with van der Waals surface area (Å²) in [5.74, 6) is 0.805. The van der Waals surface area contributed by atoms with Crippen LogP contribution in [0.3, 0.4) is 0 Å². The molecule has 0 saturated heterocycles. The van der Waals surface area contributed by atoms with Crippen LogP contribution in [-0.4, -0.2) is 9.97 Å². The lowest BCUT2D eigenvalue weighted by atomic mass is 9.80. The summed E-state index contributed by atoms with van der Waals surface area (Å²) in [6.07, 6.45) is 7.98. The Hall–Kier alpha value is -2.09. The van der Waals surface area contributed by atoms with E-state index in [9.17, 15) is 0 Å². The Morgan fingerprint density at radius 3 is 2.58 bits per heavy atom. The smallest absolute Gasteiger partial charge is 0.137 e. The van der Waals surface area contributed by atoms with E-state index < -0.39 is 0 Å². The average molecular weight is 248 g/mol. The van der Waals surface area contributed by atoms with Gasteiger partial charge in [0.25, 0.3) is 0 Å². The van der Waals surface area contributed by atoms with Gasteiger partial charge in [0.05, 0.1) is 0 Å². The van der Waals surface area contributed by atoms with Crippen molar-refractivity contribution in [1.82, 2.24) is 9.97 Å². The van der Waals surface area contributed by atoms with Gasteiger partial charge < -0.3 is 4.98 Å². The number of H-pyrrole nitrogens is 1. The normalized spacial score (nSPS) is 15.6. The summed E-state index contributed by atoms with van der Waals surface area (Å²) in [6, 6.07) is 13.3. The van der Waals surface area contributed by atoms with E-state index in [1.165, 1.54) is 41.3 Å². The fourth-order valence-corrected chi connectivity index (χ4v) is 2.79. The molecule has 3 aromatic rings. The van der Waals surface area contributed by atoms with Gasteiger partial charge in [-0.3, -0.25) is 0 Å². The fourth-order valence-electron chi connectivity index (χ4n) is 2.79. The van der Waals surface area contributed by atoms with Gasteiger partial charge in [-0.15, -0.1) is 0 Å². The van der Waals surface area contributed by atoms with Crippen LogP contribution in [0.4, 0.5) is 0 Å². The van der Waals surface area contributed by atoms with E-state index in [1.807, 2.05) is 12.4 Å². The topological polar surface area (TPSA) is 28.7 Å². The first-order valence-corrected chi connectivity index (χ1v) is 6.94. The molecule has 1 aliphatic carbocycles. The number of fused-ring (bicyclic) bond motifs is 1. The molecule has 0 radical (unpaired) electrons. The molecule has 94 valence electrons. The Balaban J connectivity index is 1.70. The Bertz CT molecular complexity index is 705. The largest absolute Gasteiger partial charge is 0.346 e. The maximum atomic E-state index is 4.45. The maximum absolute atomic E-state index is 4.45. The summed E-state index contributed by atoms with van der Waals surface area (Å²) >= 11 is 0. The number of hydrogen-bond acceptors (Lipinski definition) is 1.